The van der Waals surface area contributed by atoms with Crippen molar-refractivity contribution in [3.63, 3.8) is 0 Å². The molecule has 5 nitrogen and oxygen atoms in total. The van der Waals surface area contributed by atoms with E-state index < -0.39 is 18.6 Å². The maximum atomic E-state index is 9.65. The number of carbonyl (C=O) groups is 1. The third-order valence-corrected chi connectivity index (χ3v) is 2.95. The molecule has 0 aliphatic carbocycles. The molecular formula is C16H18ClNO4. The lowest BCUT2D eigenvalue weighted by Crippen LogP contribution is -2.33. The lowest BCUT2D eigenvalue weighted by molar-refractivity contribution is -0.139. The minimum absolute atomic E-state index is 0. The van der Waals surface area contributed by atoms with E-state index >= 15 is 0 Å². The number of halogens is 1. The summed E-state index contributed by atoms with van der Waals surface area (Å²) in [6.45, 7) is -0.505. The van der Waals surface area contributed by atoms with Crippen molar-refractivity contribution >= 4 is 18.4 Å². The molecule has 2 aromatic rings. The summed E-state index contributed by atoms with van der Waals surface area (Å²) in [6.07, 6.45) is 0.984. The van der Waals surface area contributed by atoms with Crippen LogP contribution in [0.4, 0.5) is 0 Å². The Labute approximate surface area is 134 Å². The van der Waals surface area contributed by atoms with Gasteiger partial charge < -0.3 is 20.7 Å². The normalized spacial score (nSPS) is 11.7. The second-order valence-electron chi connectivity index (χ2n) is 4.67. The molecule has 1 aliphatic rings. The first-order chi connectivity index (χ1) is 10.1. The number of hydrogen-bond acceptors (Lipinski definition) is 4. The third kappa shape index (κ3) is 5.37. The summed E-state index contributed by atoms with van der Waals surface area (Å²) in [6, 6.07) is 15.6. The molecule has 2 aromatic carbocycles. The molecule has 1 heterocycles. The van der Waals surface area contributed by atoms with E-state index in [1.807, 2.05) is 12.1 Å². The Balaban J connectivity index is 0.000000264. The number of aliphatic hydroxyl groups is 1. The van der Waals surface area contributed by atoms with Gasteiger partial charge in [-0.15, -0.1) is 12.4 Å². The zero-order valence-corrected chi connectivity index (χ0v) is 12.6. The van der Waals surface area contributed by atoms with Crippen molar-refractivity contribution in [2.24, 2.45) is 5.73 Å². The number of benzene rings is 2. The largest absolute Gasteiger partial charge is 0.480 e. The molecule has 6 heteroatoms. The van der Waals surface area contributed by atoms with Gasteiger partial charge in [-0.25, -0.2) is 0 Å². The smallest absolute Gasteiger partial charge is 0.322 e. The van der Waals surface area contributed by atoms with E-state index in [9.17, 15) is 4.79 Å². The molecule has 0 bridgehead atoms. The zero-order valence-electron chi connectivity index (χ0n) is 11.8. The van der Waals surface area contributed by atoms with Crippen LogP contribution in [0.5, 0.6) is 11.5 Å². The number of nitrogens with two attached hydrogens (primary N) is 1. The van der Waals surface area contributed by atoms with Crippen molar-refractivity contribution in [1.29, 1.82) is 0 Å². The molecule has 4 N–H and O–H groups in total. The van der Waals surface area contributed by atoms with Crippen LogP contribution < -0.4 is 10.5 Å². The summed E-state index contributed by atoms with van der Waals surface area (Å²) >= 11 is 0. The van der Waals surface area contributed by atoms with Crippen molar-refractivity contribution in [2.75, 3.05) is 6.61 Å². The van der Waals surface area contributed by atoms with E-state index in [2.05, 4.69) is 36.4 Å². The molecule has 1 unspecified atom stereocenters. The van der Waals surface area contributed by atoms with Crippen LogP contribution in [-0.4, -0.2) is 28.8 Å². The van der Waals surface area contributed by atoms with Crippen LogP contribution in [0.2, 0.25) is 0 Å². The fourth-order valence-corrected chi connectivity index (χ4v) is 1.73. The molecule has 1 aliphatic heterocycles. The number of rotatable bonds is 4. The number of aliphatic hydroxyl groups excluding tert-OH is 1. The number of carboxylic acid groups (broad SMARTS) is 1. The van der Waals surface area contributed by atoms with E-state index in [4.69, 9.17) is 20.7 Å². The Morgan fingerprint density at radius 2 is 1.77 bits per heavy atom. The number of hydrogen-bond donors (Lipinski definition) is 3. The molecule has 0 saturated heterocycles. The Morgan fingerprint density at radius 1 is 1.09 bits per heavy atom. The van der Waals surface area contributed by atoms with E-state index in [0.29, 0.717) is 0 Å². The fourth-order valence-electron chi connectivity index (χ4n) is 1.73. The second-order valence-corrected chi connectivity index (χ2v) is 4.67. The summed E-state index contributed by atoms with van der Waals surface area (Å²) in [5, 5.41) is 15.9. The maximum absolute atomic E-state index is 9.65. The number of aliphatic carboxylic acids is 1. The number of carboxylic acids is 1. The van der Waals surface area contributed by atoms with Crippen LogP contribution >= 0.6 is 12.4 Å². The van der Waals surface area contributed by atoms with Gasteiger partial charge in [0.2, 0.25) is 0 Å². The van der Waals surface area contributed by atoms with Crippen molar-refractivity contribution < 1.29 is 19.7 Å². The van der Waals surface area contributed by atoms with Crippen molar-refractivity contribution in [3.05, 3.63) is 59.7 Å². The van der Waals surface area contributed by atoms with Gasteiger partial charge in [-0.3, -0.25) is 4.79 Å². The molecule has 0 aromatic heterocycles. The van der Waals surface area contributed by atoms with Crippen molar-refractivity contribution in [1.82, 2.24) is 0 Å². The van der Waals surface area contributed by atoms with Crippen LogP contribution in [-0.2, 0) is 11.2 Å². The van der Waals surface area contributed by atoms with Gasteiger partial charge in [0.1, 0.15) is 6.04 Å². The van der Waals surface area contributed by atoms with Crippen molar-refractivity contribution in [2.45, 2.75) is 12.5 Å². The molecule has 0 fully saturated rings. The summed E-state index contributed by atoms with van der Waals surface area (Å²) in [5.74, 6) is 0.891. The zero-order chi connectivity index (χ0) is 15.2. The maximum Gasteiger partial charge on any atom is 0.322 e. The minimum Gasteiger partial charge on any atom is -0.480 e. The van der Waals surface area contributed by atoms with Crippen LogP contribution in [0.1, 0.15) is 11.1 Å². The van der Waals surface area contributed by atoms with E-state index in [1.54, 1.807) is 0 Å². The summed E-state index contributed by atoms with van der Waals surface area (Å²) in [5.41, 5.74) is 7.42. The molecule has 118 valence electrons. The van der Waals surface area contributed by atoms with Crippen LogP contribution in [0.25, 0.3) is 0 Å². The molecule has 3 rings (SSSR count). The standard InChI is InChI=1S/C13H10O.C3H7NO3.ClH/c1-2-4-10(5-3-1)8-11-6-7-12-13(9-11)14-12;4-2(1-5)3(6)7;/h1-7,9H,8H2;2,5H,1,4H2,(H,6,7);1H. The van der Waals surface area contributed by atoms with Gasteiger partial charge in [0, 0.05) is 0 Å². The second kappa shape index (κ2) is 8.38. The Kier molecular flexibility index (Phi) is 6.85. The molecule has 22 heavy (non-hydrogen) atoms. The molecular weight excluding hydrogens is 306 g/mol. The average molecular weight is 324 g/mol. The highest BCUT2D eigenvalue weighted by Crippen LogP contribution is 2.45. The first-order valence-corrected chi connectivity index (χ1v) is 6.54. The van der Waals surface area contributed by atoms with Crippen LogP contribution in [0, 0.1) is 0 Å². The van der Waals surface area contributed by atoms with Gasteiger partial charge in [0.25, 0.3) is 0 Å². The van der Waals surface area contributed by atoms with Gasteiger partial charge in [-0.05, 0) is 29.7 Å². The van der Waals surface area contributed by atoms with Crippen molar-refractivity contribution in [3.8, 4) is 11.5 Å². The molecule has 0 saturated carbocycles. The third-order valence-electron chi connectivity index (χ3n) is 2.95. The first kappa shape index (κ1) is 18.0. The predicted octanol–water partition coefficient (Wildman–Crippen LogP) is 2.20. The molecule has 0 amide bonds. The molecule has 1 atom stereocenters. The highest BCUT2D eigenvalue weighted by atomic mass is 35.5. The summed E-state index contributed by atoms with van der Waals surface area (Å²) in [7, 11) is 0. The predicted molar refractivity (Wildman–Crippen MR) is 85.7 cm³/mol. The summed E-state index contributed by atoms with van der Waals surface area (Å²) in [4.78, 5) is 9.65. The quantitative estimate of drug-likeness (QED) is 0.640. The first-order valence-electron chi connectivity index (χ1n) is 6.54. The van der Waals surface area contributed by atoms with Gasteiger partial charge in [0.15, 0.2) is 11.5 Å². The fraction of sp³-hybridized carbons (Fsp3) is 0.188. The molecule has 0 radical (unpaired) electrons. The minimum atomic E-state index is -1.18. The highest BCUT2D eigenvalue weighted by molar-refractivity contribution is 5.85. The van der Waals surface area contributed by atoms with Crippen LogP contribution in [0.15, 0.2) is 48.5 Å². The lowest BCUT2D eigenvalue weighted by Gasteiger charge is -1.98. The van der Waals surface area contributed by atoms with Gasteiger partial charge >= 0.3 is 5.97 Å². The van der Waals surface area contributed by atoms with E-state index in [1.165, 1.54) is 11.1 Å². The average Bonchev–Trinajstić information content (AvgIpc) is 3.26. The van der Waals surface area contributed by atoms with E-state index in [0.717, 1.165) is 17.9 Å². The number of ether oxygens (including phenoxy) is 1. The highest BCUT2D eigenvalue weighted by Gasteiger charge is 2.18. The Hall–Kier alpha value is -2.08. The SMILES string of the molecule is Cl.NC(CO)C(=O)O.c1ccc(Cc2ccc3c(c2)O3)cc1. The summed E-state index contributed by atoms with van der Waals surface area (Å²) < 4.78 is 5.22. The Bertz CT molecular complexity index is 619. The van der Waals surface area contributed by atoms with Gasteiger partial charge in [-0.1, -0.05) is 36.4 Å². The van der Waals surface area contributed by atoms with E-state index in [-0.39, 0.29) is 12.4 Å². The number of fused-ring (bicyclic) bond motifs is 1. The Morgan fingerprint density at radius 3 is 2.27 bits per heavy atom. The topological polar surface area (TPSA) is 96.1 Å². The van der Waals surface area contributed by atoms with Gasteiger partial charge in [0.05, 0.1) is 6.61 Å². The molecule has 0 spiro atoms. The van der Waals surface area contributed by atoms with Crippen LogP contribution in [0.3, 0.4) is 0 Å². The monoisotopic (exact) mass is 323 g/mol. The lowest BCUT2D eigenvalue weighted by atomic mass is 10.1. The van der Waals surface area contributed by atoms with Gasteiger partial charge in [-0.2, -0.15) is 0 Å².